The van der Waals surface area contributed by atoms with Crippen LogP contribution in [-0.4, -0.2) is 48.9 Å². The second-order valence-electron chi connectivity index (χ2n) is 6.27. The highest BCUT2D eigenvalue weighted by Gasteiger charge is 2.31. The summed E-state index contributed by atoms with van der Waals surface area (Å²) < 4.78 is 31.3. The molecule has 2 aromatic rings. The molecule has 0 aliphatic carbocycles. The number of anilines is 1. The minimum Gasteiger partial charge on any atom is -0.459 e. The molecule has 1 fully saturated rings. The molecule has 0 spiro atoms. The Balaban J connectivity index is 1.54. The minimum absolute atomic E-state index is 0.159. The lowest BCUT2D eigenvalue weighted by atomic mass is 10.2. The first-order chi connectivity index (χ1) is 12.5. The van der Waals surface area contributed by atoms with Gasteiger partial charge in [-0.1, -0.05) is 0 Å². The second kappa shape index (κ2) is 7.65. The van der Waals surface area contributed by atoms with E-state index in [-0.39, 0.29) is 23.5 Å². The summed E-state index contributed by atoms with van der Waals surface area (Å²) in [6, 6.07) is 6.15. The van der Waals surface area contributed by atoms with E-state index in [9.17, 15) is 18.4 Å². The monoisotopic (exact) mass is 364 g/mol. The van der Waals surface area contributed by atoms with Crippen LogP contribution in [0, 0.1) is 11.6 Å². The Bertz CT molecular complexity index is 787. The Morgan fingerprint density at radius 1 is 1.19 bits per heavy atom. The standard InChI is InChI=1S/C18H19F2N3O3/c1-12(17(24)21-13-4-5-14(19)15(20)11-13)22-6-8-23(9-7-22)18(25)16-3-2-10-26-16/h2-5,10-12H,6-9H2,1H3,(H,21,24)/p+1/t12-/m0/s1. The predicted octanol–water partition coefficient (Wildman–Crippen LogP) is 0.926. The maximum atomic E-state index is 13.2. The molecule has 0 radical (unpaired) electrons. The van der Waals surface area contributed by atoms with Crippen molar-refractivity contribution < 1.29 is 27.7 Å². The molecule has 1 aliphatic rings. The van der Waals surface area contributed by atoms with E-state index in [4.69, 9.17) is 4.42 Å². The van der Waals surface area contributed by atoms with Gasteiger partial charge in [0, 0.05) is 11.8 Å². The number of hydrogen-bond acceptors (Lipinski definition) is 3. The van der Waals surface area contributed by atoms with E-state index in [2.05, 4.69) is 5.32 Å². The average Bonchev–Trinajstić information content (AvgIpc) is 3.18. The molecule has 1 aliphatic heterocycles. The fourth-order valence-corrected chi connectivity index (χ4v) is 3.00. The molecular formula is C18H20F2N3O3+. The van der Waals surface area contributed by atoms with Crippen LogP contribution in [0.1, 0.15) is 17.5 Å². The van der Waals surface area contributed by atoms with Crippen LogP contribution in [0.5, 0.6) is 0 Å². The summed E-state index contributed by atoms with van der Waals surface area (Å²) in [5.41, 5.74) is 0.215. The van der Waals surface area contributed by atoms with Crippen molar-refractivity contribution in [2.24, 2.45) is 0 Å². The van der Waals surface area contributed by atoms with Gasteiger partial charge in [-0.05, 0) is 31.2 Å². The number of benzene rings is 1. The number of halogens is 2. The first-order valence-corrected chi connectivity index (χ1v) is 8.39. The summed E-state index contributed by atoms with van der Waals surface area (Å²) in [7, 11) is 0. The number of hydrogen-bond donors (Lipinski definition) is 2. The molecule has 8 heteroatoms. The van der Waals surface area contributed by atoms with Gasteiger partial charge in [0.25, 0.3) is 11.8 Å². The minimum atomic E-state index is -1.01. The molecule has 1 aromatic carbocycles. The molecule has 1 saturated heterocycles. The molecule has 6 nitrogen and oxygen atoms in total. The number of quaternary nitrogens is 1. The molecule has 0 bridgehead atoms. The van der Waals surface area contributed by atoms with Crippen molar-refractivity contribution in [1.82, 2.24) is 4.90 Å². The van der Waals surface area contributed by atoms with Crippen LogP contribution in [0.2, 0.25) is 0 Å². The Morgan fingerprint density at radius 3 is 2.54 bits per heavy atom. The summed E-state index contributed by atoms with van der Waals surface area (Å²) in [6.07, 6.45) is 1.46. The fourth-order valence-electron chi connectivity index (χ4n) is 3.00. The number of carbonyl (C=O) groups is 2. The van der Waals surface area contributed by atoms with Crippen LogP contribution < -0.4 is 10.2 Å². The molecule has 2 N–H and O–H groups in total. The molecular weight excluding hydrogens is 344 g/mol. The molecule has 3 rings (SSSR count). The first-order valence-electron chi connectivity index (χ1n) is 8.39. The van der Waals surface area contributed by atoms with Crippen molar-refractivity contribution in [3.63, 3.8) is 0 Å². The van der Waals surface area contributed by atoms with E-state index in [1.807, 2.05) is 0 Å². The van der Waals surface area contributed by atoms with Gasteiger partial charge in [0.1, 0.15) is 0 Å². The third kappa shape index (κ3) is 3.91. The van der Waals surface area contributed by atoms with Crippen molar-refractivity contribution in [1.29, 1.82) is 0 Å². The highest BCUT2D eigenvalue weighted by Crippen LogP contribution is 2.13. The lowest BCUT2D eigenvalue weighted by Gasteiger charge is -2.34. The van der Waals surface area contributed by atoms with Crippen molar-refractivity contribution in [3.05, 3.63) is 54.0 Å². The van der Waals surface area contributed by atoms with Crippen LogP contribution >= 0.6 is 0 Å². The smallest absolute Gasteiger partial charge is 0.289 e. The van der Waals surface area contributed by atoms with E-state index in [1.54, 1.807) is 24.0 Å². The largest absolute Gasteiger partial charge is 0.459 e. The zero-order valence-corrected chi connectivity index (χ0v) is 14.3. The number of furan rings is 1. The zero-order chi connectivity index (χ0) is 18.7. The van der Waals surface area contributed by atoms with Crippen molar-refractivity contribution in [2.75, 3.05) is 31.5 Å². The molecule has 1 aromatic heterocycles. The number of nitrogens with one attached hydrogen (secondary N) is 2. The number of carbonyl (C=O) groups excluding carboxylic acids is 2. The van der Waals surface area contributed by atoms with Crippen LogP contribution in [0.15, 0.2) is 41.0 Å². The molecule has 138 valence electrons. The van der Waals surface area contributed by atoms with Gasteiger partial charge in [-0.3, -0.25) is 9.59 Å². The molecule has 2 amide bonds. The highest BCUT2D eigenvalue weighted by atomic mass is 19.2. The molecule has 0 saturated carbocycles. The van der Waals surface area contributed by atoms with E-state index >= 15 is 0 Å². The first kappa shape index (κ1) is 18.1. The molecule has 2 heterocycles. The van der Waals surface area contributed by atoms with Crippen molar-refractivity contribution in [3.8, 4) is 0 Å². The van der Waals surface area contributed by atoms with Gasteiger partial charge >= 0.3 is 0 Å². The van der Waals surface area contributed by atoms with Gasteiger partial charge in [0.2, 0.25) is 0 Å². The average molecular weight is 364 g/mol. The maximum absolute atomic E-state index is 13.2. The Labute approximate surface area is 149 Å². The number of piperazine rings is 1. The van der Waals surface area contributed by atoms with E-state index in [0.717, 1.165) is 17.0 Å². The summed E-state index contributed by atoms with van der Waals surface area (Å²) >= 11 is 0. The van der Waals surface area contributed by atoms with Gasteiger partial charge in [-0.15, -0.1) is 0 Å². The summed E-state index contributed by atoms with van der Waals surface area (Å²) in [4.78, 5) is 27.3. The van der Waals surface area contributed by atoms with Gasteiger partial charge in [-0.2, -0.15) is 0 Å². The van der Waals surface area contributed by atoms with Crippen LogP contribution in [-0.2, 0) is 4.79 Å². The molecule has 26 heavy (non-hydrogen) atoms. The maximum Gasteiger partial charge on any atom is 0.289 e. The highest BCUT2D eigenvalue weighted by molar-refractivity contribution is 5.93. The third-order valence-electron chi connectivity index (χ3n) is 4.62. The van der Waals surface area contributed by atoms with Gasteiger partial charge < -0.3 is 19.5 Å². The Morgan fingerprint density at radius 2 is 1.92 bits per heavy atom. The zero-order valence-electron chi connectivity index (χ0n) is 14.3. The number of nitrogens with zero attached hydrogens (tertiary/aromatic N) is 1. The summed E-state index contributed by atoms with van der Waals surface area (Å²) in [5.74, 6) is -2.10. The number of amides is 2. The van der Waals surface area contributed by atoms with Gasteiger partial charge in [0.15, 0.2) is 23.4 Å². The fraction of sp³-hybridized carbons (Fsp3) is 0.333. The van der Waals surface area contributed by atoms with Gasteiger partial charge in [-0.25, -0.2) is 8.78 Å². The summed E-state index contributed by atoms with van der Waals surface area (Å²) in [6.45, 7) is 4.02. The van der Waals surface area contributed by atoms with E-state index < -0.39 is 11.6 Å². The normalized spacial score (nSPS) is 16.3. The lowest BCUT2D eigenvalue weighted by Crippen LogP contribution is -3.19. The van der Waals surface area contributed by atoms with Gasteiger partial charge in [0.05, 0.1) is 32.4 Å². The predicted molar refractivity (Wildman–Crippen MR) is 89.8 cm³/mol. The second-order valence-corrected chi connectivity index (χ2v) is 6.27. The SMILES string of the molecule is C[C@@H](C(=O)Nc1ccc(F)c(F)c1)[NH+]1CCN(C(=O)c2ccco2)CC1. The Hall–Kier alpha value is -2.74. The van der Waals surface area contributed by atoms with Crippen LogP contribution in [0.25, 0.3) is 0 Å². The molecule has 0 unspecified atom stereocenters. The van der Waals surface area contributed by atoms with E-state index in [1.165, 1.54) is 12.3 Å². The van der Waals surface area contributed by atoms with Crippen LogP contribution in [0.4, 0.5) is 14.5 Å². The lowest BCUT2D eigenvalue weighted by molar-refractivity contribution is -0.917. The van der Waals surface area contributed by atoms with Crippen molar-refractivity contribution >= 4 is 17.5 Å². The Kier molecular flexibility index (Phi) is 5.32. The van der Waals surface area contributed by atoms with Crippen LogP contribution in [0.3, 0.4) is 0 Å². The topological polar surface area (TPSA) is 67.0 Å². The van der Waals surface area contributed by atoms with E-state index in [0.29, 0.717) is 31.9 Å². The third-order valence-corrected chi connectivity index (χ3v) is 4.62. The summed E-state index contributed by atoms with van der Waals surface area (Å²) in [5, 5.41) is 2.60. The van der Waals surface area contributed by atoms with Crippen molar-refractivity contribution in [2.45, 2.75) is 13.0 Å². The molecule has 1 atom stereocenters. The number of rotatable bonds is 4. The quantitative estimate of drug-likeness (QED) is 0.848.